The molecule has 0 atom stereocenters. The molecule has 2 heterocycles. The monoisotopic (exact) mass is 680 g/mol. The lowest BCUT2D eigenvalue weighted by atomic mass is 9.98. The van der Waals surface area contributed by atoms with E-state index in [0.717, 1.165) is 87.9 Å². The summed E-state index contributed by atoms with van der Waals surface area (Å²) in [6.45, 7) is 6.48. The van der Waals surface area contributed by atoms with Crippen molar-refractivity contribution in [1.29, 1.82) is 0 Å². The Morgan fingerprint density at radius 3 is 2.52 bits per heavy atom. The third kappa shape index (κ3) is 6.82. The minimum atomic E-state index is -0.271. The van der Waals surface area contributed by atoms with Crippen LogP contribution < -0.4 is 10.1 Å². The van der Waals surface area contributed by atoms with Crippen LogP contribution in [0.4, 0.5) is 0 Å². The van der Waals surface area contributed by atoms with Gasteiger partial charge in [-0.3, -0.25) is 4.68 Å². The van der Waals surface area contributed by atoms with E-state index in [0.29, 0.717) is 30.7 Å². The fourth-order valence-electron chi connectivity index (χ4n) is 6.04. The summed E-state index contributed by atoms with van der Waals surface area (Å²) >= 11 is 3.66. The van der Waals surface area contributed by atoms with E-state index in [1.165, 1.54) is 0 Å². The third-order valence-electron chi connectivity index (χ3n) is 8.09. The van der Waals surface area contributed by atoms with Crippen molar-refractivity contribution in [3.63, 3.8) is 0 Å². The third-order valence-corrected chi connectivity index (χ3v) is 8.63. The SMILES string of the molecule is CCOC(=O)c1c(CCCOc2cccc3ccccc23)c2cccc(-c3c(CBr)nn(C)c3C)c2n1CCCCNC.Cl. The molecule has 234 valence electrons. The maximum Gasteiger partial charge on any atom is 0.355 e. The van der Waals surface area contributed by atoms with Gasteiger partial charge in [-0.15, -0.1) is 12.4 Å². The molecule has 0 spiro atoms. The van der Waals surface area contributed by atoms with Crippen LogP contribution in [0.25, 0.3) is 32.8 Å². The normalized spacial score (nSPS) is 11.2. The Labute approximate surface area is 274 Å². The molecule has 1 N–H and O–H groups in total. The standard InChI is InChI=1S/C35H41BrN4O3.ClH/c1-5-42-35(41)34-28(18-12-22-43-31-19-10-14-25-13-6-7-15-26(25)31)27-16-11-17-29(32-24(2)39(4)38-30(32)23-36)33(27)40(34)21-9-8-20-37-3;/h6-7,10-11,13-17,19,37H,5,8-9,12,18,20-23H2,1-4H3;1H. The smallest absolute Gasteiger partial charge is 0.355 e. The van der Waals surface area contributed by atoms with Gasteiger partial charge in [-0.25, -0.2) is 4.79 Å². The number of aromatic nitrogens is 3. The number of alkyl halides is 1. The van der Waals surface area contributed by atoms with Crippen LogP contribution in [0.5, 0.6) is 5.75 Å². The van der Waals surface area contributed by atoms with Crippen LogP contribution in [0, 0.1) is 6.92 Å². The molecule has 5 rings (SSSR count). The van der Waals surface area contributed by atoms with E-state index in [-0.39, 0.29) is 18.4 Å². The molecule has 0 amide bonds. The molecule has 9 heteroatoms. The summed E-state index contributed by atoms with van der Waals surface area (Å²) in [7, 11) is 3.95. The zero-order valence-electron chi connectivity index (χ0n) is 26.0. The number of nitrogens with zero attached hydrogens (tertiary/aromatic N) is 3. The first-order valence-corrected chi connectivity index (χ1v) is 16.3. The van der Waals surface area contributed by atoms with Crippen molar-refractivity contribution >= 4 is 56.0 Å². The van der Waals surface area contributed by atoms with Crippen LogP contribution in [-0.4, -0.2) is 47.1 Å². The van der Waals surface area contributed by atoms with Gasteiger partial charge in [-0.1, -0.05) is 70.5 Å². The maximum absolute atomic E-state index is 13.7. The molecule has 0 unspecified atom stereocenters. The van der Waals surface area contributed by atoms with Gasteiger partial charge in [-0.2, -0.15) is 5.10 Å². The van der Waals surface area contributed by atoms with Crippen LogP contribution in [0.2, 0.25) is 0 Å². The van der Waals surface area contributed by atoms with E-state index < -0.39 is 0 Å². The quantitative estimate of drug-likeness (QED) is 0.0731. The molecule has 0 aliphatic rings. The van der Waals surface area contributed by atoms with E-state index in [4.69, 9.17) is 14.6 Å². The first-order chi connectivity index (χ1) is 21.0. The molecule has 0 radical (unpaired) electrons. The van der Waals surface area contributed by atoms with Gasteiger partial charge in [0.25, 0.3) is 0 Å². The van der Waals surface area contributed by atoms with Gasteiger partial charge in [0.2, 0.25) is 0 Å². The number of ether oxygens (including phenoxy) is 2. The number of benzene rings is 3. The van der Waals surface area contributed by atoms with Crippen molar-refractivity contribution in [2.24, 2.45) is 7.05 Å². The number of carbonyl (C=O) groups excluding carboxylic acids is 1. The first-order valence-electron chi connectivity index (χ1n) is 15.1. The van der Waals surface area contributed by atoms with Crippen molar-refractivity contribution in [1.82, 2.24) is 19.7 Å². The summed E-state index contributed by atoms with van der Waals surface area (Å²) < 4.78 is 16.1. The van der Waals surface area contributed by atoms with Gasteiger partial charge < -0.3 is 19.4 Å². The Morgan fingerprint density at radius 2 is 1.75 bits per heavy atom. The molecule has 0 saturated carbocycles. The lowest BCUT2D eigenvalue weighted by Gasteiger charge is -2.14. The minimum absolute atomic E-state index is 0. The Hall–Kier alpha value is -3.33. The van der Waals surface area contributed by atoms with Crippen molar-refractivity contribution in [3.8, 4) is 16.9 Å². The van der Waals surface area contributed by atoms with Crippen LogP contribution in [0.3, 0.4) is 0 Å². The molecule has 0 aliphatic carbocycles. The second-order valence-electron chi connectivity index (χ2n) is 10.8. The lowest BCUT2D eigenvalue weighted by Crippen LogP contribution is -2.16. The second kappa shape index (κ2) is 15.6. The summed E-state index contributed by atoms with van der Waals surface area (Å²) in [5, 5.41) is 12.0. The zero-order chi connectivity index (χ0) is 30.3. The number of para-hydroxylation sites is 1. The Bertz CT molecular complexity index is 1720. The topological polar surface area (TPSA) is 70.3 Å². The molecule has 0 aliphatic heterocycles. The molecule has 2 aromatic heterocycles. The van der Waals surface area contributed by atoms with Gasteiger partial charge >= 0.3 is 5.97 Å². The summed E-state index contributed by atoms with van der Waals surface area (Å²) in [6.07, 6.45) is 3.40. The molecule has 44 heavy (non-hydrogen) atoms. The Balaban J connectivity index is 0.00000442. The first kappa shape index (κ1) is 33.6. The van der Waals surface area contributed by atoms with Crippen molar-refractivity contribution < 1.29 is 14.3 Å². The second-order valence-corrected chi connectivity index (χ2v) is 11.4. The van der Waals surface area contributed by atoms with E-state index in [9.17, 15) is 4.79 Å². The highest BCUT2D eigenvalue weighted by atomic mass is 79.9. The minimum Gasteiger partial charge on any atom is -0.493 e. The summed E-state index contributed by atoms with van der Waals surface area (Å²) in [5.41, 5.74) is 7.02. The van der Waals surface area contributed by atoms with E-state index >= 15 is 0 Å². The lowest BCUT2D eigenvalue weighted by molar-refractivity contribution is 0.0512. The molecule has 0 saturated heterocycles. The van der Waals surface area contributed by atoms with Crippen molar-refractivity contribution in [2.75, 3.05) is 26.8 Å². The highest BCUT2D eigenvalue weighted by Crippen LogP contribution is 2.39. The Kier molecular flexibility index (Phi) is 11.9. The fraction of sp³-hybridized carbons (Fsp3) is 0.371. The predicted molar refractivity (Wildman–Crippen MR) is 186 cm³/mol. The number of esters is 1. The summed E-state index contributed by atoms with van der Waals surface area (Å²) in [6, 6.07) is 20.8. The van der Waals surface area contributed by atoms with E-state index in [1.807, 2.05) is 50.0 Å². The molecular formula is C35H42BrClN4O3. The van der Waals surface area contributed by atoms with Gasteiger partial charge in [-0.05, 0) is 70.1 Å². The van der Waals surface area contributed by atoms with E-state index in [1.54, 1.807) is 0 Å². The molecule has 5 aromatic rings. The number of fused-ring (bicyclic) bond motifs is 2. The molecule has 0 bridgehead atoms. The average molecular weight is 682 g/mol. The van der Waals surface area contributed by atoms with Gasteiger partial charge in [0.05, 0.1) is 24.4 Å². The van der Waals surface area contributed by atoms with Crippen LogP contribution in [-0.2, 0) is 30.1 Å². The number of unbranched alkanes of at least 4 members (excludes halogenated alkanes) is 1. The number of aryl methyl sites for hydroxylation is 3. The number of carbonyl (C=O) groups is 1. The number of halogens is 2. The van der Waals surface area contributed by atoms with Crippen molar-refractivity contribution in [3.05, 3.63) is 83.3 Å². The fourth-order valence-corrected chi connectivity index (χ4v) is 6.43. The highest BCUT2D eigenvalue weighted by molar-refractivity contribution is 9.08. The van der Waals surface area contributed by atoms with Crippen LogP contribution in [0.1, 0.15) is 53.6 Å². The highest BCUT2D eigenvalue weighted by Gasteiger charge is 2.27. The molecule has 7 nitrogen and oxygen atoms in total. The predicted octanol–water partition coefficient (Wildman–Crippen LogP) is 8.01. The van der Waals surface area contributed by atoms with Crippen molar-refractivity contribution in [2.45, 2.75) is 51.4 Å². The number of rotatable bonds is 14. The number of hydrogen-bond donors (Lipinski definition) is 1. The van der Waals surface area contributed by atoms with Gasteiger partial charge in [0.15, 0.2) is 0 Å². The molecule has 0 fully saturated rings. The maximum atomic E-state index is 13.7. The zero-order valence-corrected chi connectivity index (χ0v) is 28.4. The number of nitrogens with one attached hydrogen (secondary N) is 1. The molecular weight excluding hydrogens is 640 g/mol. The average Bonchev–Trinajstić information content (AvgIpc) is 3.50. The summed E-state index contributed by atoms with van der Waals surface area (Å²) in [5.74, 6) is 0.610. The largest absolute Gasteiger partial charge is 0.493 e. The number of hydrogen-bond acceptors (Lipinski definition) is 5. The summed E-state index contributed by atoms with van der Waals surface area (Å²) in [4.78, 5) is 13.7. The van der Waals surface area contributed by atoms with E-state index in [2.05, 4.69) is 69.1 Å². The van der Waals surface area contributed by atoms with Crippen LogP contribution >= 0.6 is 28.3 Å². The molecule has 3 aromatic carbocycles. The van der Waals surface area contributed by atoms with Gasteiger partial charge in [0, 0.05) is 46.5 Å². The Morgan fingerprint density at radius 1 is 1.00 bits per heavy atom. The van der Waals surface area contributed by atoms with Gasteiger partial charge in [0.1, 0.15) is 11.4 Å². The van der Waals surface area contributed by atoms with Crippen LogP contribution in [0.15, 0.2) is 60.7 Å².